The van der Waals surface area contributed by atoms with Gasteiger partial charge in [0.1, 0.15) is 5.60 Å². The molecule has 1 aliphatic rings. The number of amides is 1. The van der Waals surface area contributed by atoms with Crippen LogP contribution in [-0.4, -0.2) is 47.4 Å². The Bertz CT molecular complexity index is 1300. The van der Waals surface area contributed by atoms with Gasteiger partial charge in [0, 0.05) is 11.1 Å². The van der Waals surface area contributed by atoms with Gasteiger partial charge < -0.3 is 19.5 Å². The molecule has 4 rings (SSSR count). The maximum Gasteiger partial charge on any atom is 0.410 e. The van der Waals surface area contributed by atoms with Crippen LogP contribution >= 0.6 is 11.6 Å². The number of carbonyl (C=O) groups excluding carboxylic acids is 2. The fraction of sp³-hybridized carbons (Fsp3) is 0.355. The summed E-state index contributed by atoms with van der Waals surface area (Å²) in [4.78, 5) is 26.8. The highest BCUT2D eigenvalue weighted by Gasteiger charge is 2.33. The standard InChI is InChI=1S/C31H34ClNO5/c1-31(2,3)38-30(36)33(19-28(34)24-6-5-7-26(32)17-24)27-15-14-21-10-13-23(16-25(21)18-27)20-8-11-22(12-9-20)29(35)37-4/h5-13,16-17,27-28,34H,14-15,18-19H2,1-4H3/t27-,28-/m0/s1. The van der Waals surface area contributed by atoms with Crippen molar-refractivity contribution in [1.82, 2.24) is 4.90 Å². The molecule has 2 atom stereocenters. The van der Waals surface area contributed by atoms with Crippen LogP contribution in [0.3, 0.4) is 0 Å². The summed E-state index contributed by atoms with van der Waals surface area (Å²) in [6.07, 6.45) is 0.879. The first kappa shape index (κ1) is 27.7. The molecule has 1 N–H and O–H groups in total. The Morgan fingerprint density at radius 2 is 1.74 bits per heavy atom. The number of halogens is 1. The van der Waals surface area contributed by atoms with Gasteiger partial charge in [0.15, 0.2) is 0 Å². The quantitative estimate of drug-likeness (QED) is 0.359. The minimum Gasteiger partial charge on any atom is -0.465 e. The predicted octanol–water partition coefficient (Wildman–Crippen LogP) is 6.62. The number of ether oxygens (including phenoxy) is 2. The topological polar surface area (TPSA) is 76.1 Å². The summed E-state index contributed by atoms with van der Waals surface area (Å²) in [5.41, 5.74) is 4.91. The van der Waals surface area contributed by atoms with Crippen molar-refractivity contribution in [2.45, 2.75) is 57.8 Å². The molecule has 0 bridgehead atoms. The summed E-state index contributed by atoms with van der Waals surface area (Å²) in [5, 5.41) is 11.6. The minimum atomic E-state index is -0.901. The molecule has 1 aliphatic carbocycles. The maximum absolute atomic E-state index is 13.3. The molecule has 0 saturated carbocycles. The Kier molecular flexibility index (Phi) is 8.44. The monoisotopic (exact) mass is 535 g/mol. The Morgan fingerprint density at radius 3 is 2.39 bits per heavy atom. The molecule has 38 heavy (non-hydrogen) atoms. The number of benzene rings is 3. The lowest BCUT2D eigenvalue weighted by atomic mass is 9.85. The number of hydrogen-bond donors (Lipinski definition) is 1. The summed E-state index contributed by atoms with van der Waals surface area (Å²) in [6.45, 7) is 5.61. The van der Waals surface area contributed by atoms with Crippen LogP contribution in [0.2, 0.25) is 5.02 Å². The Morgan fingerprint density at radius 1 is 1.03 bits per heavy atom. The summed E-state index contributed by atoms with van der Waals surface area (Å²) >= 11 is 6.14. The largest absolute Gasteiger partial charge is 0.465 e. The first-order valence-corrected chi connectivity index (χ1v) is 13.2. The molecule has 3 aromatic rings. The third-order valence-corrected chi connectivity index (χ3v) is 6.95. The molecule has 0 unspecified atom stereocenters. The van der Waals surface area contributed by atoms with E-state index in [4.69, 9.17) is 21.1 Å². The number of nitrogens with zero attached hydrogens (tertiary/aromatic N) is 1. The van der Waals surface area contributed by atoms with Gasteiger partial charge in [0.05, 0.1) is 25.3 Å². The molecule has 0 aliphatic heterocycles. The first-order valence-electron chi connectivity index (χ1n) is 12.8. The summed E-state index contributed by atoms with van der Waals surface area (Å²) < 4.78 is 10.5. The molecule has 0 aromatic heterocycles. The van der Waals surface area contributed by atoms with E-state index in [0.717, 1.165) is 29.5 Å². The molecule has 6 nitrogen and oxygen atoms in total. The smallest absolute Gasteiger partial charge is 0.410 e. The van der Waals surface area contributed by atoms with Gasteiger partial charge in [-0.2, -0.15) is 0 Å². The van der Waals surface area contributed by atoms with Crippen molar-refractivity contribution >= 4 is 23.7 Å². The van der Waals surface area contributed by atoms with Crippen molar-refractivity contribution in [3.63, 3.8) is 0 Å². The second kappa shape index (κ2) is 11.6. The van der Waals surface area contributed by atoms with E-state index in [1.165, 1.54) is 12.7 Å². The van der Waals surface area contributed by atoms with Crippen LogP contribution in [0, 0.1) is 0 Å². The van der Waals surface area contributed by atoms with Crippen molar-refractivity contribution in [3.05, 3.63) is 94.0 Å². The molecule has 0 fully saturated rings. The van der Waals surface area contributed by atoms with Gasteiger partial charge in [-0.25, -0.2) is 9.59 Å². The number of aliphatic hydroxyl groups is 1. The molecule has 200 valence electrons. The van der Waals surface area contributed by atoms with E-state index in [0.29, 0.717) is 22.6 Å². The molecule has 0 spiro atoms. The second-order valence-corrected chi connectivity index (χ2v) is 11.1. The zero-order valence-corrected chi connectivity index (χ0v) is 23.0. The Hall–Kier alpha value is -3.35. The average molecular weight is 536 g/mol. The van der Waals surface area contributed by atoms with Gasteiger partial charge >= 0.3 is 12.1 Å². The summed E-state index contributed by atoms with van der Waals surface area (Å²) in [7, 11) is 1.37. The van der Waals surface area contributed by atoms with E-state index in [1.807, 2.05) is 32.9 Å². The average Bonchev–Trinajstić information content (AvgIpc) is 2.89. The van der Waals surface area contributed by atoms with E-state index in [-0.39, 0.29) is 18.6 Å². The maximum atomic E-state index is 13.3. The number of fused-ring (bicyclic) bond motifs is 1. The van der Waals surface area contributed by atoms with Crippen LogP contribution in [0.5, 0.6) is 0 Å². The van der Waals surface area contributed by atoms with Crippen LogP contribution < -0.4 is 0 Å². The number of esters is 1. The molecule has 7 heteroatoms. The zero-order valence-electron chi connectivity index (χ0n) is 22.2. The fourth-order valence-electron chi connectivity index (χ4n) is 4.80. The van der Waals surface area contributed by atoms with Crippen LogP contribution in [0.4, 0.5) is 4.79 Å². The molecule has 3 aromatic carbocycles. The summed E-state index contributed by atoms with van der Waals surface area (Å²) in [6, 6.07) is 20.6. The highest BCUT2D eigenvalue weighted by atomic mass is 35.5. The summed E-state index contributed by atoms with van der Waals surface area (Å²) in [5.74, 6) is -0.368. The predicted molar refractivity (Wildman–Crippen MR) is 148 cm³/mol. The molecular formula is C31H34ClNO5. The third-order valence-electron chi connectivity index (χ3n) is 6.72. The highest BCUT2D eigenvalue weighted by Crippen LogP contribution is 2.31. The van der Waals surface area contributed by atoms with E-state index >= 15 is 0 Å². The highest BCUT2D eigenvalue weighted by molar-refractivity contribution is 6.30. The van der Waals surface area contributed by atoms with Crippen LogP contribution in [0.1, 0.15) is 60.3 Å². The number of aliphatic hydroxyl groups excluding tert-OH is 1. The SMILES string of the molecule is COC(=O)c1ccc(-c2ccc3c(c2)C[C@@H](N(C[C@H](O)c2cccc(Cl)c2)C(=O)OC(C)(C)C)CC3)cc1. The van der Waals surface area contributed by atoms with Crippen LogP contribution in [0.15, 0.2) is 66.7 Å². The number of hydrogen-bond acceptors (Lipinski definition) is 5. The second-order valence-electron chi connectivity index (χ2n) is 10.7. The van der Waals surface area contributed by atoms with Gasteiger partial charge in [0.25, 0.3) is 0 Å². The van der Waals surface area contributed by atoms with Crippen molar-refractivity contribution in [2.75, 3.05) is 13.7 Å². The number of carbonyl (C=O) groups is 2. The van der Waals surface area contributed by atoms with Crippen molar-refractivity contribution in [2.24, 2.45) is 0 Å². The lowest BCUT2D eigenvalue weighted by Crippen LogP contribution is -2.47. The normalized spacial score (nSPS) is 15.8. The van der Waals surface area contributed by atoms with Crippen molar-refractivity contribution < 1.29 is 24.2 Å². The lowest BCUT2D eigenvalue weighted by Gasteiger charge is -2.37. The van der Waals surface area contributed by atoms with Crippen molar-refractivity contribution in [3.8, 4) is 11.1 Å². The number of rotatable bonds is 6. The van der Waals surface area contributed by atoms with E-state index in [2.05, 4.69) is 18.2 Å². The fourth-order valence-corrected chi connectivity index (χ4v) is 5.00. The first-order chi connectivity index (χ1) is 18.0. The van der Waals surface area contributed by atoms with Gasteiger partial charge in [0.2, 0.25) is 0 Å². The van der Waals surface area contributed by atoms with Gasteiger partial charge in [-0.15, -0.1) is 0 Å². The molecular weight excluding hydrogens is 502 g/mol. The molecule has 1 amide bonds. The Balaban J connectivity index is 1.58. The number of aryl methyl sites for hydroxylation is 1. The van der Waals surface area contributed by atoms with Crippen molar-refractivity contribution in [1.29, 1.82) is 0 Å². The van der Waals surface area contributed by atoms with Gasteiger partial charge in [-0.05, 0) is 92.1 Å². The zero-order chi connectivity index (χ0) is 27.4. The Labute approximate surface area is 229 Å². The third kappa shape index (κ3) is 6.74. The molecule has 0 radical (unpaired) electrons. The molecule has 0 heterocycles. The van der Waals surface area contributed by atoms with E-state index in [1.54, 1.807) is 41.3 Å². The van der Waals surface area contributed by atoms with Crippen LogP contribution in [0.25, 0.3) is 11.1 Å². The molecule has 0 saturated heterocycles. The van der Waals surface area contributed by atoms with Gasteiger partial charge in [-0.1, -0.05) is 54.1 Å². The minimum absolute atomic E-state index is 0.101. The van der Waals surface area contributed by atoms with Gasteiger partial charge in [-0.3, -0.25) is 0 Å². The lowest BCUT2D eigenvalue weighted by molar-refractivity contribution is 0.00195. The number of methoxy groups -OCH3 is 1. The van der Waals surface area contributed by atoms with Crippen LogP contribution in [-0.2, 0) is 22.3 Å². The van der Waals surface area contributed by atoms with E-state index in [9.17, 15) is 14.7 Å². The van der Waals surface area contributed by atoms with E-state index < -0.39 is 17.8 Å².